The first kappa shape index (κ1) is 34.2. The van der Waals surface area contributed by atoms with Crippen LogP contribution in [0.1, 0.15) is 93.8 Å². The number of amides is 1. The van der Waals surface area contributed by atoms with Crippen LogP contribution in [0.15, 0.2) is 85.2 Å². The van der Waals surface area contributed by atoms with Gasteiger partial charge in [0, 0.05) is 11.1 Å². The van der Waals surface area contributed by atoms with Crippen LogP contribution in [0.5, 0.6) is 11.5 Å². The number of hydrogen-bond acceptors (Lipinski definition) is 6. The Morgan fingerprint density at radius 1 is 0.739 bits per heavy atom. The predicted octanol–water partition coefficient (Wildman–Crippen LogP) is 8.10. The summed E-state index contributed by atoms with van der Waals surface area (Å²) in [7, 11) is 0. The first-order valence-corrected chi connectivity index (χ1v) is 15.9. The molecule has 4 aromatic rings. The summed E-state index contributed by atoms with van der Waals surface area (Å²) in [5.41, 5.74) is 1.91. The third-order valence-corrected chi connectivity index (χ3v) is 8.00. The van der Waals surface area contributed by atoms with Crippen LogP contribution in [0, 0.1) is 0 Å². The molecule has 8 heteroatoms. The number of unbranched alkanes of at least 4 members (excludes halogenated alkanes) is 4. The Labute approximate surface area is 272 Å². The Kier molecular flexibility index (Phi) is 11.5. The molecule has 3 aromatic carbocycles. The molecule has 0 radical (unpaired) electrons. The molecule has 0 bridgehead atoms. The molecule has 0 fully saturated rings. The fourth-order valence-corrected chi connectivity index (χ4v) is 4.91. The predicted molar refractivity (Wildman–Crippen MR) is 180 cm³/mol. The van der Waals surface area contributed by atoms with Gasteiger partial charge in [0.15, 0.2) is 17.1 Å². The second kappa shape index (κ2) is 15.5. The smallest absolute Gasteiger partial charge is 0.333 e. The van der Waals surface area contributed by atoms with Crippen molar-refractivity contribution >= 4 is 11.9 Å². The van der Waals surface area contributed by atoms with Gasteiger partial charge >= 0.3 is 5.97 Å². The van der Waals surface area contributed by atoms with Crippen LogP contribution in [-0.4, -0.2) is 33.6 Å². The summed E-state index contributed by atoms with van der Waals surface area (Å²) in [5.74, 6) is 0.220. The maximum absolute atomic E-state index is 13.0. The number of benzene rings is 3. The Balaban J connectivity index is 1.33. The molecule has 0 unspecified atom stereocenters. The number of hydrogen-bond donors (Lipinski definition) is 2. The molecule has 46 heavy (non-hydrogen) atoms. The van der Waals surface area contributed by atoms with Crippen LogP contribution in [0.2, 0.25) is 0 Å². The maximum atomic E-state index is 13.0. The molecule has 1 amide bonds. The van der Waals surface area contributed by atoms with Gasteiger partial charge in [-0.05, 0) is 59.7 Å². The number of nitrogens with one attached hydrogen (secondary N) is 1. The van der Waals surface area contributed by atoms with Crippen LogP contribution in [0.3, 0.4) is 0 Å². The van der Waals surface area contributed by atoms with E-state index in [-0.39, 0.29) is 5.41 Å². The molecule has 0 saturated heterocycles. The highest BCUT2D eigenvalue weighted by Crippen LogP contribution is 2.27. The molecule has 0 spiro atoms. The van der Waals surface area contributed by atoms with E-state index in [1.165, 1.54) is 32.6 Å². The average molecular weight is 624 g/mol. The maximum Gasteiger partial charge on any atom is 0.333 e. The van der Waals surface area contributed by atoms with Gasteiger partial charge in [-0.15, -0.1) is 0 Å². The molecule has 0 saturated carbocycles. The number of carbonyl (C=O) groups excluding carboxylic acids is 1. The van der Waals surface area contributed by atoms with Crippen molar-refractivity contribution in [2.75, 3.05) is 6.61 Å². The molecule has 0 aliphatic rings. The van der Waals surface area contributed by atoms with Crippen molar-refractivity contribution < 1.29 is 24.2 Å². The topological polar surface area (TPSA) is 111 Å². The minimum absolute atomic E-state index is 0.0566. The monoisotopic (exact) mass is 623 g/mol. The van der Waals surface area contributed by atoms with Gasteiger partial charge in [-0.1, -0.05) is 102 Å². The number of nitrogens with zero attached hydrogens (tertiary/aromatic N) is 2. The number of aromatic nitrogens is 2. The van der Waals surface area contributed by atoms with Crippen LogP contribution < -0.4 is 14.8 Å². The standard InChI is InChI=1S/C38H45N3O5/c1-6-7-8-9-10-23-45-32-21-11-27(12-22-32)26-46-33-24-39-34(40-25-33)28-13-19-31(20-14-28)38(5,36(43)44)41-35(42)29-15-17-30(18-16-29)37(2,3)4/h11-22,24-25H,6-10,23,26H2,1-5H3,(H,41,42)(H,43,44)/t38-/m0/s1. The lowest BCUT2D eigenvalue weighted by atomic mass is 9.86. The van der Waals surface area contributed by atoms with E-state index in [2.05, 4.69) is 43.0 Å². The highest BCUT2D eigenvalue weighted by Gasteiger charge is 2.37. The first-order valence-electron chi connectivity index (χ1n) is 15.9. The number of rotatable bonds is 15. The highest BCUT2D eigenvalue weighted by molar-refractivity contribution is 5.98. The minimum atomic E-state index is -1.64. The summed E-state index contributed by atoms with van der Waals surface area (Å²) in [5, 5.41) is 12.8. The first-order chi connectivity index (χ1) is 22.0. The number of carboxylic acids is 1. The lowest BCUT2D eigenvalue weighted by Crippen LogP contribution is -2.49. The lowest BCUT2D eigenvalue weighted by Gasteiger charge is -2.27. The van der Waals surface area contributed by atoms with E-state index in [1.54, 1.807) is 48.8 Å². The molecular weight excluding hydrogens is 578 g/mol. The van der Waals surface area contributed by atoms with Crippen molar-refractivity contribution in [1.29, 1.82) is 0 Å². The van der Waals surface area contributed by atoms with Gasteiger partial charge in [0.25, 0.3) is 5.91 Å². The van der Waals surface area contributed by atoms with Crippen molar-refractivity contribution in [2.24, 2.45) is 0 Å². The van der Waals surface area contributed by atoms with Gasteiger partial charge in [-0.2, -0.15) is 0 Å². The fraction of sp³-hybridized carbons (Fsp3) is 0.368. The van der Waals surface area contributed by atoms with Crippen LogP contribution in [-0.2, 0) is 22.4 Å². The second-order valence-electron chi connectivity index (χ2n) is 12.7. The summed E-state index contributed by atoms with van der Waals surface area (Å²) in [4.78, 5) is 34.3. The third kappa shape index (κ3) is 9.16. The highest BCUT2D eigenvalue weighted by atomic mass is 16.5. The van der Waals surface area contributed by atoms with Crippen molar-refractivity contribution in [3.05, 3.63) is 107 Å². The Hall–Kier alpha value is -4.72. The van der Waals surface area contributed by atoms with Gasteiger partial charge in [0.05, 0.1) is 19.0 Å². The van der Waals surface area contributed by atoms with Gasteiger partial charge in [-0.3, -0.25) is 4.79 Å². The van der Waals surface area contributed by atoms with E-state index in [0.29, 0.717) is 34.9 Å². The normalized spacial score (nSPS) is 12.6. The van der Waals surface area contributed by atoms with Gasteiger partial charge in [-0.25, -0.2) is 14.8 Å². The molecule has 8 nitrogen and oxygen atoms in total. The van der Waals surface area contributed by atoms with Crippen LogP contribution in [0.4, 0.5) is 0 Å². The van der Waals surface area contributed by atoms with Crippen LogP contribution >= 0.6 is 0 Å². The zero-order valence-corrected chi connectivity index (χ0v) is 27.5. The molecule has 0 aliphatic heterocycles. The largest absolute Gasteiger partial charge is 0.494 e. The zero-order chi connectivity index (χ0) is 33.2. The average Bonchev–Trinajstić information content (AvgIpc) is 3.05. The Morgan fingerprint density at radius 2 is 1.35 bits per heavy atom. The molecule has 1 aromatic heterocycles. The van der Waals surface area contributed by atoms with E-state index in [4.69, 9.17) is 9.47 Å². The number of carbonyl (C=O) groups is 2. The number of carboxylic acid groups (broad SMARTS) is 1. The zero-order valence-electron chi connectivity index (χ0n) is 27.5. The van der Waals surface area contributed by atoms with Crippen molar-refractivity contribution in [3.63, 3.8) is 0 Å². The fourth-order valence-electron chi connectivity index (χ4n) is 4.91. The van der Waals surface area contributed by atoms with E-state index in [0.717, 1.165) is 29.9 Å². The second-order valence-corrected chi connectivity index (χ2v) is 12.7. The summed E-state index contributed by atoms with van der Waals surface area (Å²) >= 11 is 0. The molecule has 1 atom stereocenters. The SMILES string of the molecule is CCCCCCCOc1ccc(COc2cnc(-c3ccc([C@](C)(NC(=O)c4ccc(C(C)(C)C)cc4)C(=O)O)cc3)nc2)cc1. The molecule has 242 valence electrons. The third-order valence-electron chi connectivity index (χ3n) is 8.00. The van der Waals surface area contributed by atoms with Crippen molar-refractivity contribution in [2.45, 2.75) is 84.3 Å². The summed E-state index contributed by atoms with van der Waals surface area (Å²) in [6, 6.07) is 21.9. The Morgan fingerprint density at radius 3 is 1.93 bits per heavy atom. The number of aliphatic carboxylic acids is 1. The molecule has 1 heterocycles. The quantitative estimate of drug-likeness (QED) is 0.129. The summed E-state index contributed by atoms with van der Waals surface area (Å²) in [6.45, 7) is 11.1. The summed E-state index contributed by atoms with van der Waals surface area (Å²) in [6.07, 6.45) is 9.26. The Bertz CT molecular complexity index is 1560. The van der Waals surface area contributed by atoms with E-state index in [9.17, 15) is 14.7 Å². The van der Waals surface area contributed by atoms with Crippen molar-refractivity contribution in [1.82, 2.24) is 15.3 Å². The van der Waals surface area contributed by atoms with E-state index < -0.39 is 17.4 Å². The molecule has 4 rings (SSSR count). The van der Waals surface area contributed by atoms with E-state index >= 15 is 0 Å². The van der Waals surface area contributed by atoms with E-state index in [1.807, 2.05) is 36.4 Å². The lowest BCUT2D eigenvalue weighted by molar-refractivity contribution is -0.144. The number of ether oxygens (including phenoxy) is 2. The minimum Gasteiger partial charge on any atom is -0.494 e. The molecule has 0 aliphatic carbocycles. The van der Waals surface area contributed by atoms with Gasteiger partial charge in [0.1, 0.15) is 12.4 Å². The van der Waals surface area contributed by atoms with Gasteiger partial charge < -0.3 is 19.9 Å². The van der Waals surface area contributed by atoms with Crippen molar-refractivity contribution in [3.8, 4) is 22.9 Å². The van der Waals surface area contributed by atoms with Crippen LogP contribution in [0.25, 0.3) is 11.4 Å². The molecule has 2 N–H and O–H groups in total. The summed E-state index contributed by atoms with van der Waals surface area (Å²) < 4.78 is 11.7. The van der Waals surface area contributed by atoms with Gasteiger partial charge in [0.2, 0.25) is 0 Å². The molecular formula is C38H45N3O5.